The molecule has 0 N–H and O–H groups in total. The van der Waals surface area contributed by atoms with Gasteiger partial charge in [0.1, 0.15) is 11.9 Å². The van der Waals surface area contributed by atoms with Crippen LogP contribution in [0.5, 0.6) is 5.75 Å². The Hall–Kier alpha value is -1.35. The Labute approximate surface area is 120 Å². The van der Waals surface area contributed by atoms with Crippen LogP contribution < -0.4 is 4.74 Å². The molecule has 1 unspecified atom stereocenters. The molecule has 0 aromatic heterocycles. The van der Waals surface area contributed by atoms with Crippen molar-refractivity contribution in [3.05, 3.63) is 29.3 Å². The summed E-state index contributed by atoms with van der Waals surface area (Å²) in [6.07, 6.45) is 4.24. The van der Waals surface area contributed by atoms with Crippen molar-refractivity contribution in [2.75, 3.05) is 6.61 Å². The van der Waals surface area contributed by atoms with E-state index >= 15 is 0 Å². The highest BCUT2D eigenvalue weighted by atomic mass is 16.5. The third-order valence-electron chi connectivity index (χ3n) is 4.29. The van der Waals surface area contributed by atoms with E-state index < -0.39 is 0 Å². The average Bonchev–Trinajstić information content (AvgIpc) is 2.75. The number of fused-ring (bicyclic) bond motifs is 1. The lowest BCUT2D eigenvalue weighted by molar-refractivity contribution is -0.0246. The van der Waals surface area contributed by atoms with Gasteiger partial charge in [0.25, 0.3) is 0 Å². The van der Waals surface area contributed by atoms with Crippen LogP contribution in [0.15, 0.2) is 18.2 Å². The van der Waals surface area contributed by atoms with Crippen LogP contribution >= 0.6 is 0 Å². The standard InChI is InChI=1S/C17H22O3/c1-3-19-15-7-12(8-15)9-16(18)13-4-5-17-14(10-13)6-11(2)20-17/h4-5,10-12,15H,3,6-9H2,1-2H3. The summed E-state index contributed by atoms with van der Waals surface area (Å²) < 4.78 is 11.2. The molecule has 0 amide bonds. The van der Waals surface area contributed by atoms with E-state index in [1.54, 1.807) is 0 Å². The molecular formula is C17H22O3. The summed E-state index contributed by atoms with van der Waals surface area (Å²) in [4.78, 5) is 12.3. The Balaban J connectivity index is 1.57. The number of ketones is 1. The SMILES string of the molecule is CCOC1CC(CC(=O)c2ccc3c(c2)CC(C)O3)C1. The summed E-state index contributed by atoms with van der Waals surface area (Å²) in [5.74, 6) is 1.70. The van der Waals surface area contributed by atoms with Gasteiger partial charge in [-0.15, -0.1) is 0 Å². The monoisotopic (exact) mass is 274 g/mol. The van der Waals surface area contributed by atoms with E-state index in [-0.39, 0.29) is 11.9 Å². The fourth-order valence-corrected chi connectivity index (χ4v) is 3.19. The van der Waals surface area contributed by atoms with Gasteiger partial charge in [0.15, 0.2) is 5.78 Å². The molecule has 1 heterocycles. The van der Waals surface area contributed by atoms with Crippen molar-refractivity contribution >= 4 is 5.78 Å². The predicted molar refractivity (Wildman–Crippen MR) is 77.3 cm³/mol. The van der Waals surface area contributed by atoms with Gasteiger partial charge in [0.05, 0.1) is 6.10 Å². The second-order valence-corrected chi connectivity index (χ2v) is 6.00. The van der Waals surface area contributed by atoms with Crippen LogP contribution in [0.4, 0.5) is 0 Å². The van der Waals surface area contributed by atoms with Gasteiger partial charge in [-0.3, -0.25) is 4.79 Å². The highest BCUT2D eigenvalue weighted by molar-refractivity contribution is 5.96. The van der Waals surface area contributed by atoms with Gasteiger partial charge in [-0.25, -0.2) is 0 Å². The first-order chi connectivity index (χ1) is 9.65. The van der Waals surface area contributed by atoms with Crippen LogP contribution in [0.1, 0.15) is 49.0 Å². The Morgan fingerprint density at radius 1 is 1.40 bits per heavy atom. The molecule has 0 saturated heterocycles. The molecule has 0 spiro atoms. The van der Waals surface area contributed by atoms with Crippen LogP contribution in [-0.4, -0.2) is 24.6 Å². The molecule has 1 aromatic carbocycles. The first-order valence-electron chi connectivity index (χ1n) is 7.60. The van der Waals surface area contributed by atoms with Gasteiger partial charge >= 0.3 is 0 Å². The third-order valence-corrected chi connectivity index (χ3v) is 4.29. The number of hydrogen-bond acceptors (Lipinski definition) is 3. The van der Waals surface area contributed by atoms with E-state index in [1.165, 1.54) is 5.56 Å². The Morgan fingerprint density at radius 2 is 2.20 bits per heavy atom. The van der Waals surface area contributed by atoms with Gasteiger partial charge in [0.2, 0.25) is 0 Å². The molecule has 3 nitrogen and oxygen atoms in total. The summed E-state index contributed by atoms with van der Waals surface area (Å²) >= 11 is 0. The minimum atomic E-state index is 0.230. The van der Waals surface area contributed by atoms with Gasteiger partial charge < -0.3 is 9.47 Å². The smallest absolute Gasteiger partial charge is 0.163 e. The summed E-state index contributed by atoms with van der Waals surface area (Å²) in [6.45, 7) is 4.85. The first-order valence-corrected chi connectivity index (χ1v) is 7.60. The fourth-order valence-electron chi connectivity index (χ4n) is 3.19. The topological polar surface area (TPSA) is 35.5 Å². The zero-order valence-corrected chi connectivity index (χ0v) is 12.2. The second-order valence-electron chi connectivity index (χ2n) is 6.00. The van der Waals surface area contributed by atoms with Crippen molar-refractivity contribution in [2.45, 2.75) is 51.7 Å². The van der Waals surface area contributed by atoms with Crippen molar-refractivity contribution in [3.63, 3.8) is 0 Å². The molecule has 2 aliphatic rings. The first kappa shape index (κ1) is 13.6. The van der Waals surface area contributed by atoms with Crippen molar-refractivity contribution in [2.24, 2.45) is 5.92 Å². The molecule has 0 bridgehead atoms. The predicted octanol–water partition coefficient (Wildman–Crippen LogP) is 3.40. The quantitative estimate of drug-likeness (QED) is 0.772. The molecule has 1 aliphatic carbocycles. The van der Waals surface area contributed by atoms with E-state index in [2.05, 4.69) is 6.92 Å². The van der Waals surface area contributed by atoms with Crippen molar-refractivity contribution in [1.29, 1.82) is 0 Å². The Bertz CT molecular complexity index is 503. The largest absolute Gasteiger partial charge is 0.490 e. The molecule has 1 saturated carbocycles. The van der Waals surface area contributed by atoms with Crippen molar-refractivity contribution < 1.29 is 14.3 Å². The van der Waals surface area contributed by atoms with Crippen molar-refractivity contribution in [1.82, 2.24) is 0 Å². The lowest BCUT2D eigenvalue weighted by atomic mass is 9.78. The number of rotatable bonds is 5. The second kappa shape index (κ2) is 5.57. The van der Waals surface area contributed by atoms with Gasteiger partial charge in [-0.05, 0) is 56.4 Å². The lowest BCUT2D eigenvalue weighted by Crippen LogP contribution is -2.32. The van der Waals surface area contributed by atoms with E-state index in [9.17, 15) is 4.79 Å². The maximum atomic E-state index is 12.3. The fraction of sp³-hybridized carbons (Fsp3) is 0.588. The summed E-state index contributed by atoms with van der Waals surface area (Å²) in [7, 11) is 0. The number of carbonyl (C=O) groups excluding carboxylic acids is 1. The summed E-state index contributed by atoms with van der Waals surface area (Å²) in [6, 6.07) is 5.85. The summed E-state index contributed by atoms with van der Waals surface area (Å²) in [5.41, 5.74) is 2.01. The zero-order valence-electron chi connectivity index (χ0n) is 12.2. The van der Waals surface area contributed by atoms with E-state index in [1.807, 2.05) is 25.1 Å². The molecular weight excluding hydrogens is 252 g/mol. The molecule has 1 fully saturated rings. The number of benzene rings is 1. The highest BCUT2D eigenvalue weighted by Gasteiger charge is 2.31. The van der Waals surface area contributed by atoms with Gasteiger partial charge in [0, 0.05) is 25.0 Å². The number of hydrogen-bond donors (Lipinski definition) is 0. The normalized spacial score (nSPS) is 27.6. The number of ether oxygens (including phenoxy) is 2. The minimum Gasteiger partial charge on any atom is -0.490 e. The third kappa shape index (κ3) is 2.73. The van der Waals surface area contributed by atoms with E-state index in [0.717, 1.165) is 37.2 Å². The molecule has 108 valence electrons. The zero-order chi connectivity index (χ0) is 14.1. The maximum absolute atomic E-state index is 12.3. The molecule has 1 aromatic rings. The average molecular weight is 274 g/mol. The van der Waals surface area contributed by atoms with E-state index in [0.29, 0.717) is 18.4 Å². The van der Waals surface area contributed by atoms with Crippen LogP contribution in [0, 0.1) is 5.92 Å². The van der Waals surface area contributed by atoms with Crippen LogP contribution in [0.25, 0.3) is 0 Å². The van der Waals surface area contributed by atoms with Gasteiger partial charge in [-0.1, -0.05) is 0 Å². The van der Waals surface area contributed by atoms with Gasteiger partial charge in [-0.2, -0.15) is 0 Å². The van der Waals surface area contributed by atoms with Crippen LogP contribution in [-0.2, 0) is 11.2 Å². The summed E-state index contributed by atoms with van der Waals surface area (Å²) in [5, 5.41) is 0. The van der Waals surface area contributed by atoms with Crippen molar-refractivity contribution in [3.8, 4) is 5.75 Å². The maximum Gasteiger partial charge on any atom is 0.163 e. The van der Waals surface area contributed by atoms with Crippen LogP contribution in [0.3, 0.4) is 0 Å². The molecule has 20 heavy (non-hydrogen) atoms. The highest BCUT2D eigenvalue weighted by Crippen LogP contribution is 2.35. The number of carbonyl (C=O) groups is 1. The lowest BCUT2D eigenvalue weighted by Gasteiger charge is -2.34. The molecule has 1 atom stereocenters. The molecule has 0 radical (unpaired) electrons. The van der Waals surface area contributed by atoms with Crippen LogP contribution in [0.2, 0.25) is 0 Å². The Morgan fingerprint density at radius 3 is 2.95 bits per heavy atom. The number of Topliss-reactive ketones (excluding diaryl/α,β-unsaturated/α-hetero) is 1. The molecule has 3 heteroatoms. The van der Waals surface area contributed by atoms with E-state index in [4.69, 9.17) is 9.47 Å². The molecule has 1 aliphatic heterocycles. The minimum absolute atomic E-state index is 0.230. The molecule has 3 rings (SSSR count). The Kier molecular flexibility index (Phi) is 3.79.